The Morgan fingerprint density at radius 2 is 1.47 bits per heavy atom. The maximum atomic E-state index is 12.6. The Morgan fingerprint density at radius 3 is 1.94 bits per heavy atom. The normalized spacial score (nSPS) is 23.8. The topological polar surface area (TPSA) is 71.1 Å². The molecule has 0 N–H and O–H groups in total. The van der Waals surface area contributed by atoms with Gasteiger partial charge in [0, 0.05) is 18.4 Å². The second kappa shape index (κ2) is 9.84. The van der Waals surface area contributed by atoms with Gasteiger partial charge in [0.15, 0.2) is 14.1 Å². The predicted octanol–water partition coefficient (Wildman–Crippen LogP) is 5.51. The number of hydrogen-bond acceptors (Lipinski definition) is 6. The highest BCUT2D eigenvalue weighted by atomic mass is 32.2. The van der Waals surface area contributed by atoms with Gasteiger partial charge < -0.3 is 13.9 Å². The minimum Gasteiger partial charge on any atom is -0.416 e. The lowest BCUT2D eigenvalue weighted by Gasteiger charge is -2.38. The van der Waals surface area contributed by atoms with Gasteiger partial charge in [-0.05, 0) is 51.0 Å². The predicted molar refractivity (Wildman–Crippen MR) is 130 cm³/mol. The van der Waals surface area contributed by atoms with E-state index in [1.54, 1.807) is 24.3 Å². The summed E-state index contributed by atoms with van der Waals surface area (Å²) in [7, 11) is -5.72. The average Bonchev–Trinajstić information content (AvgIpc) is 2.99. The van der Waals surface area contributed by atoms with Crippen LogP contribution in [0.4, 0.5) is 0 Å². The van der Waals surface area contributed by atoms with Crippen molar-refractivity contribution in [3.8, 4) is 0 Å². The van der Waals surface area contributed by atoms with Crippen molar-refractivity contribution in [2.24, 2.45) is 11.8 Å². The highest BCUT2D eigenvalue weighted by Crippen LogP contribution is 2.39. The van der Waals surface area contributed by atoms with Crippen LogP contribution in [-0.4, -0.2) is 47.9 Å². The first-order valence-corrected chi connectivity index (χ1v) is 15.7. The van der Waals surface area contributed by atoms with Crippen molar-refractivity contribution in [3.63, 3.8) is 0 Å². The van der Waals surface area contributed by atoms with Crippen LogP contribution in [0.1, 0.15) is 54.0 Å². The van der Waals surface area contributed by atoms with Gasteiger partial charge in [-0.15, -0.1) is 0 Å². The molecule has 1 aliphatic rings. The Hall–Kier alpha value is -0.773. The first-order valence-electron chi connectivity index (χ1n) is 11.4. The molecule has 8 heteroatoms. The van der Waals surface area contributed by atoms with Crippen LogP contribution in [0.5, 0.6) is 0 Å². The molecule has 2 rings (SSSR count). The van der Waals surface area contributed by atoms with Crippen molar-refractivity contribution in [1.29, 1.82) is 0 Å². The van der Waals surface area contributed by atoms with Crippen molar-refractivity contribution >= 4 is 18.4 Å². The summed E-state index contributed by atoms with van der Waals surface area (Å²) in [6.45, 7) is 21.5. The maximum absolute atomic E-state index is 12.6. The van der Waals surface area contributed by atoms with Crippen LogP contribution in [0.15, 0.2) is 29.2 Å². The summed E-state index contributed by atoms with van der Waals surface area (Å²) in [6.07, 6.45) is -0.508. The molecule has 0 spiro atoms. The Bertz CT molecular complexity index is 857. The molecule has 1 aromatic carbocycles. The Labute approximate surface area is 196 Å². The van der Waals surface area contributed by atoms with E-state index in [4.69, 9.17) is 18.1 Å². The van der Waals surface area contributed by atoms with E-state index in [2.05, 4.69) is 40.8 Å². The molecule has 1 aromatic rings. The number of ether oxygens (including phenoxy) is 2. The van der Waals surface area contributed by atoms with Crippen molar-refractivity contribution in [2.75, 3.05) is 13.2 Å². The molecule has 0 amide bonds. The largest absolute Gasteiger partial charge is 0.416 e. The van der Waals surface area contributed by atoms with Crippen LogP contribution in [-0.2, 0) is 28.2 Å². The molecule has 0 bridgehead atoms. The number of aryl methyl sites for hydroxylation is 1. The summed E-state index contributed by atoms with van der Waals surface area (Å²) in [5.74, 6) is -0.839. The summed E-state index contributed by atoms with van der Waals surface area (Å²) in [6, 6.07) is 6.65. The number of hydrogen-bond donors (Lipinski definition) is 0. The summed E-state index contributed by atoms with van der Waals surface area (Å²) in [5, 5.41) is 0.129. The third kappa shape index (κ3) is 6.87. The minimum absolute atomic E-state index is 0.0205. The fourth-order valence-corrected chi connectivity index (χ4v) is 5.52. The quantitative estimate of drug-likeness (QED) is 0.338. The van der Waals surface area contributed by atoms with Gasteiger partial charge in [0.25, 0.3) is 10.1 Å². The van der Waals surface area contributed by atoms with E-state index >= 15 is 0 Å². The van der Waals surface area contributed by atoms with E-state index in [9.17, 15) is 8.42 Å². The molecular formula is C24H42O6SSi. The van der Waals surface area contributed by atoms with E-state index in [0.29, 0.717) is 6.61 Å². The molecule has 1 aliphatic heterocycles. The van der Waals surface area contributed by atoms with Gasteiger partial charge in [0.1, 0.15) is 0 Å². The monoisotopic (exact) mass is 486 g/mol. The fourth-order valence-electron chi connectivity index (χ4n) is 3.41. The van der Waals surface area contributed by atoms with E-state index in [1.165, 1.54) is 0 Å². The first kappa shape index (κ1) is 27.5. The molecule has 0 radical (unpaired) electrons. The van der Waals surface area contributed by atoms with Crippen molar-refractivity contribution in [3.05, 3.63) is 29.8 Å². The van der Waals surface area contributed by atoms with E-state index < -0.39 is 24.2 Å². The molecule has 0 unspecified atom stereocenters. The van der Waals surface area contributed by atoms with Gasteiger partial charge in [0.2, 0.25) is 0 Å². The SMILES string of the molecule is Cc1ccc(S(=O)(=O)OC[C@H](C)[C@@H]2OC(C)(C)O[C@H]2[C@@H](C)CO[Si](C)(C)C(C)(C)C)cc1. The van der Waals surface area contributed by atoms with Crippen LogP contribution in [0.25, 0.3) is 0 Å². The standard InChI is InChI=1S/C24H42O6SSi/c1-17-11-13-20(14-12-17)31(25,26)27-15-18(2)21-22(30-24(7,8)29-21)19(3)16-28-32(9,10)23(4,5)6/h11-14,18-19,21-22H,15-16H2,1-10H3/t18-,19-,21-,22-/m0/s1. The summed E-state index contributed by atoms with van der Waals surface area (Å²) in [4.78, 5) is 0.159. The zero-order chi connectivity index (χ0) is 24.5. The lowest BCUT2D eigenvalue weighted by atomic mass is 9.93. The third-order valence-corrected chi connectivity index (χ3v) is 12.4. The van der Waals surface area contributed by atoms with Crippen LogP contribution in [0, 0.1) is 18.8 Å². The zero-order valence-electron chi connectivity index (χ0n) is 21.4. The van der Waals surface area contributed by atoms with Gasteiger partial charge >= 0.3 is 0 Å². The molecule has 1 fully saturated rings. The Kier molecular flexibility index (Phi) is 8.45. The van der Waals surface area contributed by atoms with E-state index in [0.717, 1.165) is 5.56 Å². The van der Waals surface area contributed by atoms with Crippen LogP contribution >= 0.6 is 0 Å². The van der Waals surface area contributed by atoms with Crippen LogP contribution in [0.3, 0.4) is 0 Å². The second-order valence-corrected chi connectivity index (χ2v) is 17.6. The lowest BCUT2D eigenvalue weighted by Crippen LogP contribution is -2.44. The minimum atomic E-state index is -3.83. The van der Waals surface area contributed by atoms with Crippen molar-refractivity contribution in [2.45, 2.75) is 96.4 Å². The van der Waals surface area contributed by atoms with Crippen molar-refractivity contribution < 1.29 is 26.5 Å². The van der Waals surface area contributed by atoms with E-state index in [-0.39, 0.29) is 40.6 Å². The Balaban J connectivity index is 2.06. The fraction of sp³-hybridized carbons (Fsp3) is 0.750. The van der Waals surface area contributed by atoms with Crippen molar-refractivity contribution in [1.82, 2.24) is 0 Å². The molecule has 184 valence electrons. The van der Waals surface area contributed by atoms with Crippen LogP contribution < -0.4 is 0 Å². The van der Waals surface area contributed by atoms with Gasteiger partial charge in [-0.1, -0.05) is 52.3 Å². The third-order valence-electron chi connectivity index (χ3n) is 6.59. The molecule has 1 heterocycles. The first-order chi connectivity index (χ1) is 14.5. The molecule has 4 atom stereocenters. The van der Waals surface area contributed by atoms with E-state index in [1.807, 2.05) is 27.7 Å². The van der Waals surface area contributed by atoms with Gasteiger partial charge in [-0.2, -0.15) is 8.42 Å². The highest BCUT2D eigenvalue weighted by Gasteiger charge is 2.47. The highest BCUT2D eigenvalue weighted by molar-refractivity contribution is 7.86. The van der Waals surface area contributed by atoms with Gasteiger partial charge in [0.05, 0.1) is 23.7 Å². The summed E-state index contributed by atoms with van der Waals surface area (Å²) >= 11 is 0. The second-order valence-electron chi connectivity index (χ2n) is 11.1. The number of rotatable bonds is 9. The Morgan fingerprint density at radius 1 is 1.00 bits per heavy atom. The molecular weight excluding hydrogens is 444 g/mol. The maximum Gasteiger partial charge on any atom is 0.296 e. The van der Waals surface area contributed by atoms with Crippen LogP contribution in [0.2, 0.25) is 18.1 Å². The molecule has 1 saturated heterocycles. The van der Waals surface area contributed by atoms with Gasteiger partial charge in [-0.3, -0.25) is 4.18 Å². The molecule has 0 aromatic heterocycles. The molecule has 32 heavy (non-hydrogen) atoms. The average molecular weight is 487 g/mol. The molecule has 6 nitrogen and oxygen atoms in total. The zero-order valence-corrected chi connectivity index (χ0v) is 23.2. The smallest absolute Gasteiger partial charge is 0.296 e. The molecule has 0 saturated carbocycles. The lowest BCUT2D eigenvalue weighted by molar-refractivity contribution is -0.154. The number of benzene rings is 1. The molecule has 0 aliphatic carbocycles. The van der Waals surface area contributed by atoms with Gasteiger partial charge in [-0.25, -0.2) is 0 Å². The summed E-state index contributed by atoms with van der Waals surface area (Å²) < 4.78 is 49.4. The summed E-state index contributed by atoms with van der Waals surface area (Å²) in [5.41, 5.74) is 0.993.